The van der Waals surface area contributed by atoms with E-state index in [1.165, 1.54) is 11.7 Å². The summed E-state index contributed by atoms with van der Waals surface area (Å²) in [5, 5.41) is 5.72. The predicted molar refractivity (Wildman–Crippen MR) is 132 cm³/mol. The Balaban J connectivity index is 1.83. The molecule has 3 N–H and O–H groups in total. The molecule has 0 fully saturated rings. The largest absolute Gasteiger partial charge is 0.484 e. The highest BCUT2D eigenvalue weighted by molar-refractivity contribution is 5.93. The maximum Gasteiger partial charge on any atom is 0.330 e. The van der Waals surface area contributed by atoms with Crippen LogP contribution < -0.4 is 26.6 Å². The minimum atomic E-state index is -0.645. The fourth-order valence-corrected chi connectivity index (χ4v) is 3.33. The lowest BCUT2D eigenvalue weighted by atomic mass is 10.0. The molecule has 0 aliphatic rings. The van der Waals surface area contributed by atoms with Crippen LogP contribution in [-0.2, 0) is 22.6 Å². The first-order valence-corrected chi connectivity index (χ1v) is 11.1. The van der Waals surface area contributed by atoms with E-state index in [0.717, 1.165) is 11.1 Å². The Morgan fingerprint density at radius 2 is 1.85 bits per heavy atom. The number of H-pyrrole nitrogens is 1. The molecule has 0 unspecified atom stereocenters. The first kappa shape index (κ1) is 24.8. The van der Waals surface area contributed by atoms with Gasteiger partial charge in [-0.15, -0.1) is 0 Å². The van der Waals surface area contributed by atoms with Crippen molar-refractivity contribution in [3.63, 3.8) is 0 Å². The van der Waals surface area contributed by atoms with E-state index in [4.69, 9.17) is 9.47 Å². The molecule has 0 atom stereocenters. The van der Waals surface area contributed by atoms with Gasteiger partial charge in [-0.05, 0) is 29.2 Å². The van der Waals surface area contributed by atoms with Gasteiger partial charge in [0.25, 0.3) is 11.5 Å². The number of nitrogens with zero attached hydrogens (tertiary/aromatic N) is 1. The van der Waals surface area contributed by atoms with Crippen LogP contribution in [0, 0.1) is 0 Å². The number of nitrogens with one attached hydrogen (secondary N) is 3. The van der Waals surface area contributed by atoms with Crippen molar-refractivity contribution in [3.8, 4) is 5.75 Å². The van der Waals surface area contributed by atoms with Crippen LogP contribution in [0.25, 0.3) is 0 Å². The molecule has 34 heavy (non-hydrogen) atoms. The Bertz CT molecular complexity index is 1220. The van der Waals surface area contributed by atoms with Gasteiger partial charge in [0.2, 0.25) is 0 Å². The molecule has 0 spiro atoms. The van der Waals surface area contributed by atoms with Crippen LogP contribution in [0.3, 0.4) is 0 Å². The minimum absolute atomic E-state index is 0.0614. The van der Waals surface area contributed by atoms with Gasteiger partial charge in [-0.1, -0.05) is 56.3 Å². The summed E-state index contributed by atoms with van der Waals surface area (Å²) in [6, 6.07) is 17.0. The van der Waals surface area contributed by atoms with E-state index in [2.05, 4.69) is 29.5 Å². The Morgan fingerprint density at radius 3 is 2.56 bits per heavy atom. The van der Waals surface area contributed by atoms with E-state index < -0.39 is 17.2 Å². The van der Waals surface area contributed by atoms with Crippen LogP contribution in [0.2, 0.25) is 0 Å². The summed E-state index contributed by atoms with van der Waals surface area (Å²) in [5.41, 5.74) is 0.828. The van der Waals surface area contributed by atoms with Crippen LogP contribution in [0.15, 0.2) is 64.2 Å². The van der Waals surface area contributed by atoms with E-state index in [0.29, 0.717) is 18.2 Å². The van der Waals surface area contributed by atoms with Crippen molar-refractivity contribution >= 4 is 17.4 Å². The number of hydrogen-bond donors (Lipinski definition) is 3. The average Bonchev–Trinajstić information content (AvgIpc) is 2.83. The summed E-state index contributed by atoms with van der Waals surface area (Å²) >= 11 is 0. The smallest absolute Gasteiger partial charge is 0.330 e. The normalized spacial score (nSPS) is 10.8. The Hall–Kier alpha value is -3.85. The average molecular weight is 467 g/mol. The fraction of sp³-hybridized carbons (Fsp3) is 0.320. The molecular weight excluding hydrogens is 436 g/mol. The summed E-state index contributed by atoms with van der Waals surface area (Å²) in [5.74, 6) is 0.438. The zero-order valence-electron chi connectivity index (χ0n) is 19.6. The van der Waals surface area contributed by atoms with Gasteiger partial charge in [-0.3, -0.25) is 19.1 Å². The van der Waals surface area contributed by atoms with E-state index >= 15 is 0 Å². The molecule has 0 aliphatic carbocycles. The number of carbonyl (C=O) groups excluding carboxylic acids is 1. The molecule has 0 saturated carbocycles. The second-order valence-electron chi connectivity index (χ2n) is 8.03. The second-order valence-corrected chi connectivity index (χ2v) is 8.03. The third-order valence-electron chi connectivity index (χ3n) is 5.18. The van der Waals surface area contributed by atoms with Crippen LogP contribution in [0.1, 0.15) is 30.9 Å². The fourth-order valence-electron chi connectivity index (χ4n) is 3.33. The number of carbonyl (C=O) groups is 1. The summed E-state index contributed by atoms with van der Waals surface area (Å²) in [6.07, 6.45) is 0. The molecule has 9 heteroatoms. The molecule has 9 nitrogen and oxygen atoms in total. The lowest BCUT2D eigenvalue weighted by Crippen LogP contribution is -2.36. The second kappa shape index (κ2) is 11.9. The predicted octanol–water partition coefficient (Wildman–Crippen LogP) is 2.94. The van der Waals surface area contributed by atoms with Gasteiger partial charge in [-0.2, -0.15) is 0 Å². The molecule has 3 rings (SSSR count). The molecule has 0 radical (unpaired) electrons. The maximum absolute atomic E-state index is 12.8. The summed E-state index contributed by atoms with van der Waals surface area (Å²) in [7, 11) is 1.50. The molecule has 0 bridgehead atoms. The van der Waals surface area contributed by atoms with Crippen LogP contribution >= 0.6 is 0 Å². The molecule has 0 saturated heterocycles. The third-order valence-corrected chi connectivity index (χ3v) is 5.18. The van der Waals surface area contributed by atoms with E-state index in [-0.39, 0.29) is 31.3 Å². The van der Waals surface area contributed by atoms with Gasteiger partial charge in [0.05, 0.1) is 13.2 Å². The topological polar surface area (TPSA) is 114 Å². The van der Waals surface area contributed by atoms with E-state index in [1.54, 1.807) is 6.07 Å². The zero-order valence-corrected chi connectivity index (χ0v) is 19.6. The van der Waals surface area contributed by atoms with Crippen LogP contribution in [0.4, 0.5) is 11.5 Å². The highest BCUT2D eigenvalue weighted by Gasteiger charge is 2.18. The van der Waals surface area contributed by atoms with Gasteiger partial charge in [-0.25, -0.2) is 4.79 Å². The van der Waals surface area contributed by atoms with Crippen molar-refractivity contribution < 1.29 is 14.3 Å². The zero-order chi connectivity index (χ0) is 24.5. The van der Waals surface area contributed by atoms with Gasteiger partial charge < -0.3 is 20.1 Å². The summed E-state index contributed by atoms with van der Waals surface area (Å²) < 4.78 is 12.0. The molecule has 2 aromatic carbocycles. The number of ether oxygens (including phenoxy) is 2. The molecule has 1 aromatic heterocycles. The van der Waals surface area contributed by atoms with Gasteiger partial charge in [0.15, 0.2) is 6.61 Å². The molecule has 3 aromatic rings. The van der Waals surface area contributed by atoms with Crippen LogP contribution in [-0.4, -0.2) is 35.8 Å². The number of rotatable bonds is 11. The van der Waals surface area contributed by atoms with Crippen molar-refractivity contribution in [1.82, 2.24) is 9.55 Å². The molecule has 0 aliphatic heterocycles. The highest BCUT2D eigenvalue weighted by Crippen LogP contribution is 2.20. The van der Waals surface area contributed by atoms with Gasteiger partial charge >= 0.3 is 5.69 Å². The monoisotopic (exact) mass is 466 g/mol. The number of benzene rings is 2. The number of aromatic nitrogens is 2. The standard InChI is InChI=1S/C25H30N4O5/c1-17(2)19-10-7-11-20(14-19)34-16-21(30)27-23-22(26-15-18-8-5-4-6-9-18)24(31)28-25(32)29(23)12-13-33-3/h4-11,14,17,26H,12-13,15-16H2,1-3H3,(H,27,30)(H,28,31,32). The van der Waals surface area contributed by atoms with E-state index in [9.17, 15) is 14.4 Å². The van der Waals surface area contributed by atoms with Gasteiger partial charge in [0, 0.05) is 13.7 Å². The Morgan fingerprint density at radius 1 is 1.09 bits per heavy atom. The van der Waals surface area contributed by atoms with Crippen molar-refractivity contribution in [3.05, 3.63) is 86.6 Å². The summed E-state index contributed by atoms with van der Waals surface area (Å²) in [4.78, 5) is 40.2. The molecule has 1 amide bonds. The van der Waals surface area contributed by atoms with Crippen molar-refractivity contribution in [2.75, 3.05) is 31.0 Å². The first-order chi connectivity index (χ1) is 16.4. The quantitative estimate of drug-likeness (QED) is 0.400. The number of anilines is 2. The van der Waals surface area contributed by atoms with Crippen molar-refractivity contribution in [2.45, 2.75) is 32.9 Å². The number of hydrogen-bond acceptors (Lipinski definition) is 6. The molecule has 1 heterocycles. The Kier molecular flexibility index (Phi) is 8.64. The van der Waals surface area contributed by atoms with Crippen molar-refractivity contribution in [2.24, 2.45) is 0 Å². The Labute approximate surface area is 197 Å². The minimum Gasteiger partial charge on any atom is -0.484 e. The lowest BCUT2D eigenvalue weighted by molar-refractivity contribution is -0.118. The third kappa shape index (κ3) is 6.58. The summed E-state index contributed by atoms with van der Waals surface area (Å²) in [6.45, 7) is 4.53. The molecule has 180 valence electrons. The number of aromatic amines is 1. The lowest BCUT2D eigenvalue weighted by Gasteiger charge is -2.18. The van der Waals surface area contributed by atoms with Crippen LogP contribution in [0.5, 0.6) is 5.75 Å². The maximum atomic E-state index is 12.8. The van der Waals surface area contributed by atoms with E-state index in [1.807, 2.05) is 48.5 Å². The van der Waals surface area contributed by atoms with Crippen molar-refractivity contribution in [1.29, 1.82) is 0 Å². The van der Waals surface area contributed by atoms with Gasteiger partial charge in [0.1, 0.15) is 17.3 Å². The number of amides is 1. The number of methoxy groups -OCH3 is 1. The molecular formula is C25H30N4O5. The SMILES string of the molecule is COCCn1c(NC(=O)COc2cccc(C(C)C)c2)c(NCc2ccccc2)c(=O)[nH]c1=O. The highest BCUT2D eigenvalue weighted by atomic mass is 16.5. The first-order valence-electron chi connectivity index (χ1n) is 11.1.